The van der Waals surface area contributed by atoms with E-state index in [9.17, 15) is 19.3 Å². The van der Waals surface area contributed by atoms with Gasteiger partial charge >= 0.3 is 5.69 Å². The molecular weight excluding hydrogens is 405 g/mol. The van der Waals surface area contributed by atoms with Crippen molar-refractivity contribution < 1.29 is 14.1 Å². The van der Waals surface area contributed by atoms with E-state index in [0.29, 0.717) is 11.2 Å². The molecule has 10 nitrogen and oxygen atoms in total. The number of benzene rings is 2. The molecule has 1 amide bonds. The Hall–Kier alpha value is -4.67. The summed E-state index contributed by atoms with van der Waals surface area (Å²) in [5.41, 5.74) is 5.54. The first-order valence-electron chi connectivity index (χ1n) is 8.95. The number of nitrogens with zero attached hydrogens (tertiary/aromatic N) is 4. The molecule has 4 rings (SSSR count). The number of nitro groups is 1. The van der Waals surface area contributed by atoms with Crippen LogP contribution in [0.3, 0.4) is 0 Å². The summed E-state index contributed by atoms with van der Waals surface area (Å²) in [5.74, 6) is -1.43. The average Bonchev–Trinajstić information content (AvgIpc) is 2.78. The van der Waals surface area contributed by atoms with Gasteiger partial charge in [0.05, 0.1) is 16.1 Å². The molecule has 3 N–H and O–H groups in total. The van der Waals surface area contributed by atoms with Crippen LogP contribution in [-0.2, 0) is 0 Å². The van der Waals surface area contributed by atoms with Crippen molar-refractivity contribution in [2.75, 3.05) is 10.7 Å². The number of anilines is 3. The second-order valence-corrected chi connectivity index (χ2v) is 6.27. The number of hydrazine groups is 1. The van der Waals surface area contributed by atoms with E-state index in [1.807, 2.05) is 12.1 Å². The number of hydrogen-bond acceptors (Lipinski definition) is 8. The predicted molar refractivity (Wildman–Crippen MR) is 111 cm³/mol. The maximum Gasteiger partial charge on any atom is 0.355 e. The summed E-state index contributed by atoms with van der Waals surface area (Å²) in [4.78, 5) is 35.4. The standard InChI is InChI=1S/C20H14FN7O3/c21-14-8-6-13(7-9-14)20(29)27-26-19-17(28(30)31)18(23-11-24-19)25-15-5-1-3-12-4-2-10-22-16(12)15/h1-11H,(H,27,29)(H2,23,24,25,26). The molecule has 31 heavy (non-hydrogen) atoms. The minimum atomic E-state index is -0.673. The molecule has 0 radical (unpaired) electrons. The molecule has 4 aromatic rings. The van der Waals surface area contributed by atoms with Crippen LogP contribution in [-0.4, -0.2) is 25.8 Å². The van der Waals surface area contributed by atoms with Crippen LogP contribution in [0.5, 0.6) is 0 Å². The molecule has 0 saturated heterocycles. The number of rotatable bonds is 6. The highest BCUT2D eigenvalue weighted by Crippen LogP contribution is 2.32. The summed E-state index contributed by atoms with van der Waals surface area (Å²) in [5, 5.41) is 15.5. The molecule has 0 aliphatic heterocycles. The lowest BCUT2D eigenvalue weighted by atomic mass is 10.2. The number of para-hydroxylation sites is 1. The molecule has 0 saturated carbocycles. The number of aromatic nitrogens is 3. The van der Waals surface area contributed by atoms with Gasteiger partial charge in [0.15, 0.2) is 0 Å². The van der Waals surface area contributed by atoms with Crippen LogP contribution in [0.2, 0.25) is 0 Å². The molecule has 0 bridgehead atoms. The number of carbonyl (C=O) groups excluding carboxylic acids is 1. The third-order valence-electron chi connectivity index (χ3n) is 4.29. The van der Waals surface area contributed by atoms with E-state index < -0.39 is 22.3 Å². The van der Waals surface area contributed by atoms with Crippen LogP contribution >= 0.6 is 0 Å². The molecule has 0 fully saturated rings. The summed E-state index contributed by atoms with van der Waals surface area (Å²) in [6.07, 6.45) is 2.72. The number of nitrogens with one attached hydrogen (secondary N) is 3. The largest absolute Gasteiger partial charge is 0.355 e. The highest BCUT2D eigenvalue weighted by Gasteiger charge is 2.24. The highest BCUT2D eigenvalue weighted by atomic mass is 19.1. The van der Waals surface area contributed by atoms with Crippen LogP contribution in [0.4, 0.5) is 27.4 Å². The average molecular weight is 419 g/mol. The van der Waals surface area contributed by atoms with E-state index in [2.05, 4.69) is 31.1 Å². The zero-order chi connectivity index (χ0) is 21.8. The minimum absolute atomic E-state index is 0.0864. The summed E-state index contributed by atoms with van der Waals surface area (Å²) in [6.45, 7) is 0. The second kappa shape index (κ2) is 8.37. The fourth-order valence-corrected chi connectivity index (χ4v) is 2.86. The first-order chi connectivity index (χ1) is 15.0. The Morgan fingerprint density at radius 3 is 2.48 bits per heavy atom. The van der Waals surface area contributed by atoms with Crippen molar-refractivity contribution in [2.24, 2.45) is 0 Å². The van der Waals surface area contributed by atoms with Gasteiger partial charge < -0.3 is 5.32 Å². The number of halogens is 1. The van der Waals surface area contributed by atoms with Gasteiger partial charge in [0, 0.05) is 17.1 Å². The minimum Gasteiger partial charge on any atom is -0.332 e. The van der Waals surface area contributed by atoms with Crippen molar-refractivity contribution in [1.82, 2.24) is 20.4 Å². The topological polar surface area (TPSA) is 135 Å². The molecule has 2 aromatic carbocycles. The zero-order valence-corrected chi connectivity index (χ0v) is 15.7. The van der Waals surface area contributed by atoms with Gasteiger partial charge in [-0.2, -0.15) is 0 Å². The highest BCUT2D eigenvalue weighted by molar-refractivity contribution is 5.95. The molecule has 2 heterocycles. The Balaban J connectivity index is 1.61. The maximum absolute atomic E-state index is 13.0. The van der Waals surface area contributed by atoms with E-state index in [-0.39, 0.29) is 17.2 Å². The SMILES string of the molecule is O=C(NNc1ncnc(Nc2cccc3cccnc23)c1[N+](=O)[O-])c1ccc(F)cc1. The zero-order valence-electron chi connectivity index (χ0n) is 15.7. The predicted octanol–water partition coefficient (Wildman–Crippen LogP) is 3.57. The Labute approximate surface area is 174 Å². The molecule has 154 valence electrons. The van der Waals surface area contributed by atoms with E-state index in [4.69, 9.17) is 0 Å². The lowest BCUT2D eigenvalue weighted by molar-refractivity contribution is -0.383. The van der Waals surface area contributed by atoms with Crippen molar-refractivity contribution in [2.45, 2.75) is 0 Å². The van der Waals surface area contributed by atoms with Gasteiger partial charge in [0.2, 0.25) is 11.6 Å². The number of fused-ring (bicyclic) bond motifs is 1. The number of carbonyl (C=O) groups is 1. The second-order valence-electron chi connectivity index (χ2n) is 6.27. The van der Waals surface area contributed by atoms with Gasteiger partial charge in [0.1, 0.15) is 12.1 Å². The van der Waals surface area contributed by atoms with Gasteiger partial charge in [-0.3, -0.25) is 30.7 Å². The monoisotopic (exact) mass is 419 g/mol. The molecule has 0 aliphatic rings. The van der Waals surface area contributed by atoms with Crippen molar-refractivity contribution >= 4 is 39.8 Å². The Kier molecular flexibility index (Phi) is 5.30. The first kappa shape index (κ1) is 19.6. The van der Waals surface area contributed by atoms with E-state index >= 15 is 0 Å². The number of hydrogen-bond donors (Lipinski definition) is 3. The van der Waals surface area contributed by atoms with Gasteiger partial charge in [-0.1, -0.05) is 18.2 Å². The molecule has 0 unspecified atom stereocenters. The molecule has 11 heteroatoms. The molecule has 0 atom stereocenters. The van der Waals surface area contributed by atoms with E-state index in [0.717, 1.165) is 23.8 Å². The summed E-state index contributed by atoms with van der Waals surface area (Å²) >= 11 is 0. The van der Waals surface area contributed by atoms with Crippen LogP contribution in [0.15, 0.2) is 67.1 Å². The van der Waals surface area contributed by atoms with Gasteiger partial charge in [0.25, 0.3) is 5.91 Å². The molecule has 2 aromatic heterocycles. The van der Waals surface area contributed by atoms with Crippen molar-refractivity contribution in [3.8, 4) is 0 Å². The van der Waals surface area contributed by atoms with Crippen LogP contribution in [0.1, 0.15) is 10.4 Å². The normalized spacial score (nSPS) is 10.5. The third kappa shape index (κ3) is 4.19. The number of pyridine rings is 1. The Morgan fingerprint density at radius 1 is 0.968 bits per heavy atom. The lowest BCUT2D eigenvalue weighted by Gasteiger charge is -2.12. The van der Waals surface area contributed by atoms with Crippen molar-refractivity contribution in [3.05, 3.63) is 88.6 Å². The van der Waals surface area contributed by atoms with Gasteiger partial charge in [-0.05, 0) is 36.4 Å². The van der Waals surface area contributed by atoms with E-state index in [1.54, 1.807) is 24.4 Å². The molecule has 0 spiro atoms. The summed E-state index contributed by atoms with van der Waals surface area (Å²) < 4.78 is 13.0. The molecular formula is C20H14FN7O3. The molecule has 0 aliphatic carbocycles. The number of amides is 1. The Morgan fingerprint density at radius 2 is 1.71 bits per heavy atom. The summed E-state index contributed by atoms with van der Waals surface area (Å²) in [6, 6.07) is 13.8. The van der Waals surface area contributed by atoms with Gasteiger partial charge in [-0.15, -0.1) is 0 Å². The lowest BCUT2D eigenvalue weighted by Crippen LogP contribution is -2.30. The van der Waals surface area contributed by atoms with Crippen LogP contribution < -0.4 is 16.2 Å². The maximum atomic E-state index is 13.0. The van der Waals surface area contributed by atoms with E-state index in [1.165, 1.54) is 12.1 Å². The van der Waals surface area contributed by atoms with Crippen LogP contribution in [0.25, 0.3) is 10.9 Å². The fourth-order valence-electron chi connectivity index (χ4n) is 2.86. The van der Waals surface area contributed by atoms with Crippen molar-refractivity contribution in [1.29, 1.82) is 0 Å². The Bertz CT molecular complexity index is 1280. The first-order valence-corrected chi connectivity index (χ1v) is 8.95. The fraction of sp³-hybridized carbons (Fsp3) is 0. The van der Waals surface area contributed by atoms with Gasteiger partial charge in [-0.25, -0.2) is 14.4 Å². The van der Waals surface area contributed by atoms with Crippen molar-refractivity contribution in [3.63, 3.8) is 0 Å². The quantitative estimate of drug-likeness (QED) is 0.319. The smallest absolute Gasteiger partial charge is 0.332 e. The summed E-state index contributed by atoms with van der Waals surface area (Å²) in [7, 11) is 0. The van der Waals surface area contributed by atoms with Crippen LogP contribution in [0, 0.1) is 15.9 Å². The third-order valence-corrected chi connectivity index (χ3v) is 4.29.